The Kier molecular flexibility index (Phi) is 7.83. The van der Waals surface area contributed by atoms with Gasteiger partial charge in [0.05, 0.1) is 27.7 Å². The normalized spacial score (nSPS) is 14.5. The molecule has 178 valence electrons. The molecule has 6 nitrogen and oxygen atoms in total. The van der Waals surface area contributed by atoms with Crippen LogP contribution in [0.1, 0.15) is 27.0 Å². The van der Waals surface area contributed by atoms with Gasteiger partial charge in [0.15, 0.2) is 11.5 Å². The number of aryl methyl sites for hydroxylation is 1. The van der Waals surface area contributed by atoms with Crippen molar-refractivity contribution in [3.8, 4) is 11.5 Å². The molecule has 3 aromatic carbocycles. The molecule has 35 heavy (non-hydrogen) atoms. The number of thioether (sulfide) groups is 1. The molecule has 4 rings (SSSR count). The molecular weight excluding hydrogens is 601 g/mol. The van der Waals surface area contributed by atoms with Crippen molar-refractivity contribution in [3.05, 3.63) is 96.4 Å². The highest BCUT2D eigenvalue weighted by molar-refractivity contribution is 14.1. The summed E-state index contributed by atoms with van der Waals surface area (Å²) < 4.78 is 11.6. The van der Waals surface area contributed by atoms with Crippen LogP contribution in [0.15, 0.2) is 65.6 Å². The Morgan fingerprint density at radius 2 is 1.86 bits per heavy atom. The van der Waals surface area contributed by atoms with E-state index in [9.17, 15) is 14.4 Å². The van der Waals surface area contributed by atoms with Crippen LogP contribution >= 0.6 is 46.0 Å². The minimum Gasteiger partial charge on any atom is -0.493 e. The average Bonchev–Trinajstić information content (AvgIpc) is 3.09. The molecule has 0 aromatic heterocycles. The predicted molar refractivity (Wildman–Crippen MR) is 145 cm³/mol. The number of imide groups is 1. The average molecular weight is 620 g/mol. The number of methoxy groups -OCH3 is 1. The molecule has 0 unspecified atom stereocenters. The molecule has 9 heteroatoms. The summed E-state index contributed by atoms with van der Waals surface area (Å²) in [5.41, 5.74) is 2.92. The molecule has 0 aliphatic carbocycles. The summed E-state index contributed by atoms with van der Waals surface area (Å²) in [4.78, 5) is 39.6. The number of hydrogen-bond donors (Lipinski definition) is 0. The fourth-order valence-electron chi connectivity index (χ4n) is 3.35. The monoisotopic (exact) mass is 619 g/mol. The number of rotatable bonds is 6. The van der Waals surface area contributed by atoms with E-state index < -0.39 is 5.97 Å². The lowest BCUT2D eigenvalue weighted by Gasteiger charge is -2.13. The standard InChI is InChI=1S/C26H19ClINO5S/c1-15-6-8-16(9-7-15)14-29-24(30)22(35-26(29)32)12-17-10-20(28)23(21(11-17)33-2)34-25(31)18-4-3-5-19(27)13-18/h3-13H,14H2,1-2H3/b22-12-. The molecule has 0 radical (unpaired) electrons. The van der Waals surface area contributed by atoms with Crippen LogP contribution in [0.2, 0.25) is 5.02 Å². The summed E-state index contributed by atoms with van der Waals surface area (Å²) in [6.07, 6.45) is 1.63. The number of benzene rings is 3. The van der Waals surface area contributed by atoms with E-state index in [-0.39, 0.29) is 23.4 Å². The number of ether oxygens (including phenoxy) is 2. The lowest BCUT2D eigenvalue weighted by atomic mass is 10.1. The topological polar surface area (TPSA) is 72.9 Å². The van der Waals surface area contributed by atoms with Gasteiger partial charge >= 0.3 is 5.97 Å². The first-order valence-corrected chi connectivity index (χ1v) is 12.7. The molecule has 1 saturated heterocycles. The summed E-state index contributed by atoms with van der Waals surface area (Å²) in [6, 6.07) is 17.5. The van der Waals surface area contributed by atoms with Gasteiger partial charge < -0.3 is 9.47 Å². The number of carbonyl (C=O) groups excluding carboxylic acids is 3. The zero-order valence-electron chi connectivity index (χ0n) is 18.7. The lowest BCUT2D eigenvalue weighted by Crippen LogP contribution is -2.27. The smallest absolute Gasteiger partial charge is 0.343 e. The maximum Gasteiger partial charge on any atom is 0.343 e. The SMILES string of the molecule is COc1cc(/C=C2\SC(=O)N(Cc3ccc(C)cc3)C2=O)cc(I)c1OC(=O)c1cccc(Cl)c1. The minimum absolute atomic E-state index is 0.210. The second kappa shape index (κ2) is 10.8. The number of nitrogens with zero attached hydrogens (tertiary/aromatic N) is 1. The molecule has 0 spiro atoms. The first-order valence-electron chi connectivity index (χ1n) is 10.4. The molecule has 1 aliphatic rings. The highest BCUT2D eigenvalue weighted by atomic mass is 127. The van der Waals surface area contributed by atoms with Crippen molar-refractivity contribution in [2.75, 3.05) is 7.11 Å². The first kappa shape index (κ1) is 25.3. The molecule has 0 saturated carbocycles. The van der Waals surface area contributed by atoms with Gasteiger partial charge in [-0.3, -0.25) is 14.5 Å². The number of hydrogen-bond acceptors (Lipinski definition) is 6. The van der Waals surface area contributed by atoms with E-state index in [0.29, 0.717) is 30.4 Å². The van der Waals surface area contributed by atoms with Crippen LogP contribution in [0.5, 0.6) is 11.5 Å². The summed E-state index contributed by atoms with van der Waals surface area (Å²) in [5.74, 6) is -0.361. The Bertz CT molecular complexity index is 1360. The molecule has 0 bridgehead atoms. The summed E-state index contributed by atoms with van der Waals surface area (Å²) >= 11 is 8.89. The number of carbonyl (C=O) groups is 3. The molecule has 1 fully saturated rings. The van der Waals surface area contributed by atoms with Crippen molar-refractivity contribution in [1.82, 2.24) is 4.90 Å². The van der Waals surface area contributed by atoms with E-state index in [1.165, 1.54) is 18.1 Å². The van der Waals surface area contributed by atoms with Crippen molar-refractivity contribution in [3.63, 3.8) is 0 Å². The Morgan fingerprint density at radius 1 is 1.11 bits per heavy atom. The molecule has 1 heterocycles. The third-order valence-electron chi connectivity index (χ3n) is 5.14. The van der Waals surface area contributed by atoms with Gasteiger partial charge in [-0.2, -0.15) is 0 Å². The van der Waals surface area contributed by atoms with E-state index in [2.05, 4.69) is 0 Å². The van der Waals surface area contributed by atoms with Crippen LogP contribution in [0.4, 0.5) is 4.79 Å². The third-order valence-corrected chi connectivity index (χ3v) is 7.08. The van der Waals surface area contributed by atoms with E-state index >= 15 is 0 Å². The van der Waals surface area contributed by atoms with Crippen molar-refractivity contribution in [2.24, 2.45) is 0 Å². The minimum atomic E-state index is -0.575. The molecule has 1 aliphatic heterocycles. The quantitative estimate of drug-likeness (QED) is 0.132. The van der Waals surface area contributed by atoms with Gasteiger partial charge in [0.25, 0.3) is 11.1 Å². The number of halogens is 2. The van der Waals surface area contributed by atoms with Gasteiger partial charge in [0.2, 0.25) is 0 Å². The highest BCUT2D eigenvalue weighted by Crippen LogP contribution is 2.38. The summed E-state index contributed by atoms with van der Waals surface area (Å²) in [7, 11) is 1.46. The zero-order chi connectivity index (χ0) is 25.1. The van der Waals surface area contributed by atoms with Crippen molar-refractivity contribution in [1.29, 1.82) is 0 Å². The van der Waals surface area contributed by atoms with Crippen molar-refractivity contribution >= 4 is 69.1 Å². The van der Waals surface area contributed by atoms with Crippen LogP contribution in [-0.2, 0) is 11.3 Å². The van der Waals surface area contributed by atoms with Crippen LogP contribution in [0.3, 0.4) is 0 Å². The third kappa shape index (κ3) is 5.88. The molecule has 2 amide bonds. The van der Waals surface area contributed by atoms with Gasteiger partial charge in [-0.05, 0) is 88.8 Å². The Labute approximate surface area is 225 Å². The molecule has 3 aromatic rings. The molecule has 0 atom stereocenters. The van der Waals surface area contributed by atoms with Gasteiger partial charge in [-0.15, -0.1) is 0 Å². The first-order chi connectivity index (χ1) is 16.7. The summed E-state index contributed by atoms with van der Waals surface area (Å²) in [5, 5.41) is 0.100. The maximum absolute atomic E-state index is 12.9. The van der Waals surface area contributed by atoms with E-state index in [1.807, 2.05) is 53.8 Å². The van der Waals surface area contributed by atoms with Crippen LogP contribution < -0.4 is 9.47 Å². The second-order valence-electron chi connectivity index (χ2n) is 7.69. The maximum atomic E-state index is 12.9. The molecule has 0 N–H and O–H groups in total. The van der Waals surface area contributed by atoms with Crippen LogP contribution in [0.25, 0.3) is 6.08 Å². The highest BCUT2D eigenvalue weighted by Gasteiger charge is 2.35. The summed E-state index contributed by atoms with van der Waals surface area (Å²) in [6.45, 7) is 2.19. The lowest BCUT2D eigenvalue weighted by molar-refractivity contribution is -0.123. The van der Waals surface area contributed by atoms with Crippen LogP contribution in [-0.4, -0.2) is 29.1 Å². The van der Waals surface area contributed by atoms with E-state index in [1.54, 1.807) is 36.4 Å². The number of esters is 1. The largest absolute Gasteiger partial charge is 0.493 e. The fraction of sp³-hybridized carbons (Fsp3) is 0.115. The van der Waals surface area contributed by atoms with E-state index in [4.69, 9.17) is 21.1 Å². The number of amides is 2. The Morgan fingerprint density at radius 3 is 2.54 bits per heavy atom. The van der Waals surface area contributed by atoms with Crippen LogP contribution in [0, 0.1) is 10.5 Å². The van der Waals surface area contributed by atoms with Crippen molar-refractivity contribution < 1.29 is 23.9 Å². The second-order valence-corrected chi connectivity index (χ2v) is 10.3. The Balaban J connectivity index is 1.56. The van der Waals surface area contributed by atoms with Crippen molar-refractivity contribution in [2.45, 2.75) is 13.5 Å². The van der Waals surface area contributed by atoms with Gasteiger partial charge in [0, 0.05) is 5.02 Å². The van der Waals surface area contributed by atoms with E-state index in [0.717, 1.165) is 22.9 Å². The van der Waals surface area contributed by atoms with Gasteiger partial charge in [0.1, 0.15) is 0 Å². The fourth-order valence-corrected chi connectivity index (χ4v) is 5.12. The van der Waals surface area contributed by atoms with Gasteiger partial charge in [-0.1, -0.05) is 47.5 Å². The Hall–Kier alpha value is -2.82. The molecular formula is C26H19ClINO5S. The van der Waals surface area contributed by atoms with Gasteiger partial charge in [-0.25, -0.2) is 4.79 Å². The zero-order valence-corrected chi connectivity index (χ0v) is 22.4. The predicted octanol–water partition coefficient (Wildman–Crippen LogP) is 6.72.